The van der Waals surface area contributed by atoms with Gasteiger partial charge in [-0.25, -0.2) is 0 Å². The standard InChI is InChI=1S/C23H30ClN3O3/c24-18-7-4-8-20(14-18)27-15-17(13-21(27)28)22(29)25-19-9-11-26(12-10-19)23(30)16-5-2-1-3-6-16/h4,7-8,14,16-17,19H,1-3,5-6,9-13,15H2,(H,25,29). The van der Waals surface area contributed by atoms with Crippen LogP contribution in [0.15, 0.2) is 24.3 Å². The lowest BCUT2D eigenvalue weighted by atomic mass is 9.87. The number of carbonyl (C=O) groups is 3. The Kier molecular flexibility index (Phi) is 6.61. The molecule has 3 fully saturated rings. The van der Waals surface area contributed by atoms with Gasteiger partial charge in [-0.15, -0.1) is 0 Å². The molecule has 1 unspecified atom stereocenters. The van der Waals surface area contributed by atoms with Crippen LogP contribution in [0.3, 0.4) is 0 Å². The summed E-state index contributed by atoms with van der Waals surface area (Å²) in [6.07, 6.45) is 7.40. The van der Waals surface area contributed by atoms with Crippen molar-refractivity contribution in [3.63, 3.8) is 0 Å². The largest absolute Gasteiger partial charge is 0.353 e. The molecular formula is C23H30ClN3O3. The minimum atomic E-state index is -0.349. The zero-order chi connectivity index (χ0) is 21.1. The van der Waals surface area contributed by atoms with Crippen LogP contribution in [-0.2, 0) is 14.4 Å². The minimum Gasteiger partial charge on any atom is -0.353 e. The van der Waals surface area contributed by atoms with Crippen LogP contribution in [0.1, 0.15) is 51.4 Å². The van der Waals surface area contributed by atoms with Crippen LogP contribution >= 0.6 is 11.6 Å². The fourth-order valence-corrected chi connectivity index (χ4v) is 5.13. The number of rotatable bonds is 4. The third-order valence-corrected chi connectivity index (χ3v) is 6.96. The number of hydrogen-bond acceptors (Lipinski definition) is 3. The quantitative estimate of drug-likeness (QED) is 0.794. The van der Waals surface area contributed by atoms with Gasteiger partial charge in [-0.3, -0.25) is 14.4 Å². The maximum atomic E-state index is 12.8. The van der Waals surface area contributed by atoms with E-state index in [2.05, 4.69) is 5.32 Å². The monoisotopic (exact) mass is 431 g/mol. The molecule has 0 radical (unpaired) electrons. The normalized spacial score (nSPS) is 23.6. The Balaban J connectivity index is 1.26. The lowest BCUT2D eigenvalue weighted by molar-refractivity contribution is -0.137. The minimum absolute atomic E-state index is 0.0506. The number of nitrogens with one attached hydrogen (secondary N) is 1. The highest BCUT2D eigenvalue weighted by molar-refractivity contribution is 6.31. The zero-order valence-corrected chi connectivity index (χ0v) is 18.1. The molecule has 3 amide bonds. The van der Waals surface area contributed by atoms with E-state index in [4.69, 9.17) is 11.6 Å². The van der Waals surface area contributed by atoms with Gasteiger partial charge in [0.05, 0.1) is 5.92 Å². The third-order valence-electron chi connectivity index (χ3n) is 6.72. The summed E-state index contributed by atoms with van der Waals surface area (Å²) in [5, 5.41) is 3.69. The predicted octanol–water partition coefficient (Wildman–Crippen LogP) is 3.38. The summed E-state index contributed by atoms with van der Waals surface area (Å²) < 4.78 is 0. The van der Waals surface area contributed by atoms with Crippen molar-refractivity contribution in [1.82, 2.24) is 10.2 Å². The van der Waals surface area contributed by atoms with E-state index in [0.29, 0.717) is 30.6 Å². The van der Waals surface area contributed by atoms with Gasteiger partial charge < -0.3 is 15.1 Å². The number of benzene rings is 1. The zero-order valence-electron chi connectivity index (χ0n) is 17.3. The Morgan fingerprint density at radius 1 is 1.00 bits per heavy atom. The SMILES string of the molecule is O=C(NC1CCN(C(=O)C2CCCCC2)CC1)C1CC(=O)N(c2cccc(Cl)c2)C1. The molecule has 1 N–H and O–H groups in total. The molecule has 1 aromatic rings. The summed E-state index contributed by atoms with van der Waals surface area (Å²) in [6, 6.07) is 7.23. The number of amides is 3. The summed E-state index contributed by atoms with van der Waals surface area (Å²) in [4.78, 5) is 41.5. The van der Waals surface area contributed by atoms with Crippen LogP contribution in [0.5, 0.6) is 0 Å². The molecule has 2 saturated heterocycles. The number of hydrogen-bond donors (Lipinski definition) is 1. The first-order valence-corrected chi connectivity index (χ1v) is 11.5. The maximum absolute atomic E-state index is 12.8. The molecule has 1 aromatic carbocycles. The second kappa shape index (κ2) is 9.38. The molecular weight excluding hydrogens is 402 g/mol. The van der Waals surface area contributed by atoms with E-state index in [1.807, 2.05) is 11.0 Å². The third kappa shape index (κ3) is 4.80. The van der Waals surface area contributed by atoms with Gasteiger partial charge in [-0.05, 0) is 43.9 Å². The fourth-order valence-electron chi connectivity index (χ4n) is 4.95. The van der Waals surface area contributed by atoms with E-state index in [0.717, 1.165) is 44.2 Å². The number of halogens is 1. The average Bonchev–Trinajstić information content (AvgIpc) is 3.16. The molecule has 0 bridgehead atoms. The van der Waals surface area contributed by atoms with Gasteiger partial charge in [0, 0.05) is 48.7 Å². The summed E-state index contributed by atoms with van der Waals surface area (Å²) in [5.74, 6) is 0.0403. The predicted molar refractivity (Wildman–Crippen MR) is 116 cm³/mol. The number of nitrogens with zero attached hydrogens (tertiary/aromatic N) is 2. The Morgan fingerprint density at radius 2 is 1.73 bits per heavy atom. The molecule has 0 spiro atoms. The molecule has 162 valence electrons. The summed E-state index contributed by atoms with van der Waals surface area (Å²) in [5.41, 5.74) is 0.734. The molecule has 7 heteroatoms. The maximum Gasteiger partial charge on any atom is 0.227 e. The first kappa shape index (κ1) is 21.2. The Morgan fingerprint density at radius 3 is 2.43 bits per heavy atom. The first-order chi connectivity index (χ1) is 14.5. The van der Waals surface area contributed by atoms with E-state index in [1.54, 1.807) is 23.1 Å². The van der Waals surface area contributed by atoms with Crippen LogP contribution in [0.25, 0.3) is 0 Å². The van der Waals surface area contributed by atoms with E-state index >= 15 is 0 Å². The lowest BCUT2D eigenvalue weighted by Crippen LogP contribution is -2.49. The molecule has 30 heavy (non-hydrogen) atoms. The van der Waals surface area contributed by atoms with Crippen molar-refractivity contribution < 1.29 is 14.4 Å². The van der Waals surface area contributed by atoms with Gasteiger partial charge in [0.25, 0.3) is 0 Å². The van der Waals surface area contributed by atoms with Crippen molar-refractivity contribution in [2.45, 2.75) is 57.4 Å². The highest BCUT2D eigenvalue weighted by Gasteiger charge is 2.36. The molecule has 1 saturated carbocycles. The van der Waals surface area contributed by atoms with Crippen molar-refractivity contribution >= 4 is 35.0 Å². The highest BCUT2D eigenvalue weighted by atomic mass is 35.5. The molecule has 1 aliphatic carbocycles. The average molecular weight is 432 g/mol. The van der Waals surface area contributed by atoms with Gasteiger partial charge in [0.2, 0.25) is 17.7 Å². The topological polar surface area (TPSA) is 69.7 Å². The van der Waals surface area contributed by atoms with Gasteiger partial charge >= 0.3 is 0 Å². The van der Waals surface area contributed by atoms with Gasteiger partial charge in [0.15, 0.2) is 0 Å². The fraction of sp³-hybridized carbons (Fsp3) is 0.609. The van der Waals surface area contributed by atoms with E-state index < -0.39 is 0 Å². The number of piperidine rings is 1. The molecule has 2 heterocycles. The van der Waals surface area contributed by atoms with Crippen LogP contribution in [0.2, 0.25) is 5.02 Å². The van der Waals surface area contributed by atoms with Crippen molar-refractivity contribution in [3.05, 3.63) is 29.3 Å². The molecule has 1 atom stereocenters. The van der Waals surface area contributed by atoms with Crippen molar-refractivity contribution in [2.75, 3.05) is 24.5 Å². The van der Waals surface area contributed by atoms with Crippen molar-refractivity contribution in [1.29, 1.82) is 0 Å². The van der Waals surface area contributed by atoms with Gasteiger partial charge in [0.1, 0.15) is 0 Å². The van der Waals surface area contributed by atoms with Crippen LogP contribution in [0, 0.1) is 11.8 Å². The highest BCUT2D eigenvalue weighted by Crippen LogP contribution is 2.28. The van der Waals surface area contributed by atoms with Crippen molar-refractivity contribution in [2.24, 2.45) is 11.8 Å². The molecule has 4 rings (SSSR count). The smallest absolute Gasteiger partial charge is 0.227 e. The van der Waals surface area contributed by atoms with E-state index in [-0.39, 0.29) is 36.1 Å². The molecule has 0 aromatic heterocycles. The summed E-state index contributed by atoms with van der Waals surface area (Å²) in [6.45, 7) is 1.79. The second-order valence-electron chi connectivity index (χ2n) is 8.83. The Bertz CT molecular complexity index is 801. The number of carbonyl (C=O) groups excluding carboxylic acids is 3. The molecule has 3 aliphatic rings. The number of anilines is 1. The van der Waals surface area contributed by atoms with Gasteiger partial charge in [-0.1, -0.05) is 36.9 Å². The molecule has 2 aliphatic heterocycles. The summed E-state index contributed by atoms with van der Waals surface area (Å²) >= 11 is 6.04. The van der Waals surface area contributed by atoms with Crippen molar-refractivity contribution in [3.8, 4) is 0 Å². The Hall–Kier alpha value is -2.08. The van der Waals surface area contributed by atoms with E-state index in [9.17, 15) is 14.4 Å². The summed E-state index contributed by atoms with van der Waals surface area (Å²) in [7, 11) is 0. The van der Waals surface area contributed by atoms with Crippen LogP contribution in [-0.4, -0.2) is 48.3 Å². The van der Waals surface area contributed by atoms with Crippen LogP contribution in [0.4, 0.5) is 5.69 Å². The lowest BCUT2D eigenvalue weighted by Gasteiger charge is -2.35. The van der Waals surface area contributed by atoms with Gasteiger partial charge in [-0.2, -0.15) is 0 Å². The van der Waals surface area contributed by atoms with E-state index in [1.165, 1.54) is 6.42 Å². The number of likely N-dealkylation sites (tertiary alicyclic amines) is 1. The van der Waals surface area contributed by atoms with Crippen LogP contribution < -0.4 is 10.2 Å². The second-order valence-corrected chi connectivity index (χ2v) is 9.26. The Labute approximate surface area is 182 Å². The first-order valence-electron chi connectivity index (χ1n) is 11.2. The molecule has 6 nitrogen and oxygen atoms in total.